The van der Waals surface area contributed by atoms with Gasteiger partial charge in [0, 0.05) is 47.0 Å². The first-order chi connectivity index (χ1) is 26.1. The molecule has 294 valence electrons. The lowest BCUT2D eigenvalue weighted by atomic mass is 9.85. The van der Waals surface area contributed by atoms with Gasteiger partial charge in [0.25, 0.3) is 0 Å². The molecular formula is C39H44BrF3N6O6. The van der Waals surface area contributed by atoms with Gasteiger partial charge in [0.15, 0.2) is 5.82 Å². The van der Waals surface area contributed by atoms with Crippen LogP contribution in [0.3, 0.4) is 0 Å². The summed E-state index contributed by atoms with van der Waals surface area (Å²) in [6.07, 6.45) is 1.77. The number of aryl methyl sites for hydroxylation is 3. The zero-order valence-corrected chi connectivity index (χ0v) is 32.7. The average molecular weight is 830 g/mol. The fraction of sp³-hybridized carbons (Fsp3) is 0.462. The van der Waals surface area contributed by atoms with Gasteiger partial charge in [-0.3, -0.25) is 20.0 Å². The molecule has 0 saturated carbocycles. The third-order valence-electron chi connectivity index (χ3n) is 9.90. The van der Waals surface area contributed by atoms with Gasteiger partial charge in [-0.05, 0) is 89.2 Å². The highest BCUT2D eigenvalue weighted by Gasteiger charge is 2.39. The van der Waals surface area contributed by atoms with E-state index in [1.807, 2.05) is 26.8 Å². The number of alkyl halides is 3. The lowest BCUT2D eigenvalue weighted by Gasteiger charge is -2.43. The van der Waals surface area contributed by atoms with E-state index in [1.165, 1.54) is 18.3 Å². The van der Waals surface area contributed by atoms with Crippen LogP contribution in [0.4, 0.5) is 35.2 Å². The summed E-state index contributed by atoms with van der Waals surface area (Å²) in [7, 11) is 0. The Balaban J connectivity index is 0.999. The second-order valence-electron chi connectivity index (χ2n) is 14.6. The van der Waals surface area contributed by atoms with Gasteiger partial charge < -0.3 is 24.1 Å². The molecule has 0 radical (unpaired) electrons. The lowest BCUT2D eigenvalue weighted by Crippen LogP contribution is -2.51. The van der Waals surface area contributed by atoms with Crippen molar-refractivity contribution in [2.75, 3.05) is 48.4 Å². The largest absolute Gasteiger partial charge is 0.489 e. The molecule has 1 fully saturated rings. The number of unbranched alkanes of at least 4 members (excludes halogenated alkanes) is 2. The summed E-state index contributed by atoms with van der Waals surface area (Å²) in [4.78, 5) is 50.7. The molecule has 4 aromatic rings. The first kappa shape index (κ1) is 40.1. The van der Waals surface area contributed by atoms with E-state index in [0.717, 1.165) is 41.7 Å². The standard InChI is InChI=1S/C39H44BrF3N6O6/c1-23-14-33(30(17-29(23)40)46-37(52)47-34-20-44-24(2)19-45-34)54-22-26-21-48(12-13-53-26)11-7-5-6-8-35(50)49-31-18-32-27(15-25(31)9-10-38(49,3)4)28(39(41,42)43)16-36(51)55-32/h14-20,26H,5-13,21-22H2,1-4H3,(H2,45,46,47,52)/t26-/m0/s1. The maximum Gasteiger partial charge on any atom is 0.417 e. The van der Waals surface area contributed by atoms with E-state index >= 15 is 0 Å². The summed E-state index contributed by atoms with van der Waals surface area (Å²) in [6, 6.07) is 6.43. The fourth-order valence-electron chi connectivity index (χ4n) is 7.00. The van der Waals surface area contributed by atoms with Crippen molar-refractivity contribution in [2.24, 2.45) is 0 Å². The van der Waals surface area contributed by atoms with Crippen molar-refractivity contribution in [1.82, 2.24) is 14.9 Å². The first-order valence-electron chi connectivity index (χ1n) is 18.2. The van der Waals surface area contributed by atoms with Crippen molar-refractivity contribution in [3.63, 3.8) is 0 Å². The maximum absolute atomic E-state index is 13.8. The van der Waals surface area contributed by atoms with Crippen molar-refractivity contribution < 1.29 is 36.7 Å². The van der Waals surface area contributed by atoms with Gasteiger partial charge in [-0.15, -0.1) is 0 Å². The van der Waals surface area contributed by atoms with E-state index in [9.17, 15) is 27.6 Å². The van der Waals surface area contributed by atoms with Crippen LogP contribution >= 0.6 is 15.9 Å². The molecule has 0 aliphatic carbocycles. The van der Waals surface area contributed by atoms with Gasteiger partial charge in [0.05, 0.1) is 41.6 Å². The van der Waals surface area contributed by atoms with Crippen molar-refractivity contribution in [1.29, 1.82) is 0 Å². The molecule has 1 atom stereocenters. The number of halogens is 4. The Morgan fingerprint density at radius 2 is 1.85 bits per heavy atom. The van der Waals surface area contributed by atoms with Crippen LogP contribution in [0.5, 0.6) is 5.75 Å². The van der Waals surface area contributed by atoms with Gasteiger partial charge in [-0.1, -0.05) is 22.4 Å². The molecule has 55 heavy (non-hydrogen) atoms. The average Bonchev–Trinajstić information content (AvgIpc) is 3.11. The number of rotatable bonds is 11. The van der Waals surface area contributed by atoms with Crippen LogP contribution in [-0.4, -0.2) is 71.3 Å². The second-order valence-corrected chi connectivity index (χ2v) is 15.5. The minimum absolute atomic E-state index is 0.124. The molecule has 2 aliphatic rings. The van der Waals surface area contributed by atoms with Gasteiger partial charge in [-0.25, -0.2) is 14.6 Å². The Labute approximate surface area is 324 Å². The van der Waals surface area contributed by atoms with E-state index in [2.05, 4.69) is 41.4 Å². The third kappa shape index (κ3) is 9.83. The number of nitrogens with one attached hydrogen (secondary N) is 2. The van der Waals surface area contributed by atoms with Gasteiger partial charge in [0.2, 0.25) is 5.91 Å². The Hall–Kier alpha value is -4.54. The zero-order valence-electron chi connectivity index (χ0n) is 31.1. The molecule has 1 saturated heterocycles. The topological polar surface area (TPSA) is 139 Å². The summed E-state index contributed by atoms with van der Waals surface area (Å²) in [5, 5.41) is 5.31. The molecule has 6 rings (SSSR count). The normalized spacial score (nSPS) is 17.2. The van der Waals surface area contributed by atoms with Crippen LogP contribution in [0.25, 0.3) is 11.0 Å². The van der Waals surface area contributed by atoms with Crippen LogP contribution in [0.15, 0.2) is 56.4 Å². The predicted octanol–water partition coefficient (Wildman–Crippen LogP) is 8.02. The van der Waals surface area contributed by atoms with Gasteiger partial charge in [0.1, 0.15) is 24.0 Å². The molecule has 3 amide bonds. The van der Waals surface area contributed by atoms with E-state index in [1.54, 1.807) is 24.1 Å². The molecule has 4 heterocycles. The lowest BCUT2D eigenvalue weighted by molar-refractivity contribution is -0.136. The number of morpholine rings is 1. The molecule has 2 aromatic heterocycles. The minimum atomic E-state index is -4.72. The van der Waals surface area contributed by atoms with Crippen LogP contribution < -0.4 is 25.9 Å². The monoisotopic (exact) mass is 828 g/mol. The van der Waals surface area contributed by atoms with Crippen molar-refractivity contribution >= 4 is 56.0 Å². The number of hydrogen-bond acceptors (Lipinski definition) is 9. The molecule has 2 aliphatic heterocycles. The zero-order chi connectivity index (χ0) is 39.5. The number of amides is 3. The number of anilines is 3. The van der Waals surface area contributed by atoms with Crippen molar-refractivity contribution in [3.05, 3.63) is 80.0 Å². The summed E-state index contributed by atoms with van der Waals surface area (Å²) in [5.41, 5.74) is 0.354. The summed E-state index contributed by atoms with van der Waals surface area (Å²) < 4.78 is 59.4. The number of fused-ring (bicyclic) bond motifs is 2. The van der Waals surface area contributed by atoms with Crippen molar-refractivity contribution in [3.8, 4) is 5.75 Å². The number of urea groups is 1. The smallest absolute Gasteiger partial charge is 0.417 e. The van der Waals surface area contributed by atoms with E-state index < -0.39 is 28.9 Å². The van der Waals surface area contributed by atoms with Gasteiger partial charge in [-0.2, -0.15) is 13.2 Å². The number of hydrogen-bond donors (Lipinski definition) is 2. The molecular weight excluding hydrogens is 785 g/mol. The Morgan fingerprint density at radius 1 is 1.05 bits per heavy atom. The number of benzene rings is 2. The summed E-state index contributed by atoms with van der Waals surface area (Å²) in [6.45, 7) is 10.7. The molecule has 16 heteroatoms. The summed E-state index contributed by atoms with van der Waals surface area (Å²) in [5.74, 6) is 0.691. The molecule has 2 aromatic carbocycles. The summed E-state index contributed by atoms with van der Waals surface area (Å²) >= 11 is 3.53. The number of carbonyl (C=O) groups is 2. The minimum Gasteiger partial charge on any atom is -0.489 e. The predicted molar refractivity (Wildman–Crippen MR) is 206 cm³/mol. The first-order valence-corrected chi connectivity index (χ1v) is 19.0. The Morgan fingerprint density at radius 3 is 2.60 bits per heavy atom. The van der Waals surface area contributed by atoms with E-state index in [0.29, 0.717) is 67.0 Å². The fourth-order valence-corrected chi connectivity index (χ4v) is 7.35. The number of carbonyl (C=O) groups excluding carboxylic acids is 2. The quantitative estimate of drug-likeness (QED) is 0.114. The molecule has 0 spiro atoms. The van der Waals surface area contributed by atoms with E-state index in [4.69, 9.17) is 13.9 Å². The number of ether oxygens (including phenoxy) is 2. The molecule has 0 unspecified atom stereocenters. The molecule has 2 N–H and O–H groups in total. The molecule has 0 bridgehead atoms. The second kappa shape index (κ2) is 16.7. The SMILES string of the molecule is Cc1cnc(NC(=O)Nc2cc(Br)c(C)cc2OC[C@@H]2CN(CCCCCC(=O)N3c4cc5oc(=O)cc(C(F)(F)F)c5cc4CCC3(C)C)CCO2)cn1. The van der Waals surface area contributed by atoms with Crippen LogP contribution in [-0.2, 0) is 22.1 Å². The molecule has 12 nitrogen and oxygen atoms in total. The van der Waals surface area contributed by atoms with Crippen molar-refractivity contribution in [2.45, 2.75) is 84.0 Å². The highest BCUT2D eigenvalue weighted by atomic mass is 79.9. The number of aromatic nitrogens is 2. The highest BCUT2D eigenvalue weighted by molar-refractivity contribution is 9.10. The van der Waals surface area contributed by atoms with Crippen LogP contribution in [0.2, 0.25) is 0 Å². The van der Waals surface area contributed by atoms with E-state index in [-0.39, 0.29) is 36.0 Å². The Bertz CT molecular complexity index is 2110. The Kier molecular flexibility index (Phi) is 12.2. The van der Waals surface area contributed by atoms with Crippen LogP contribution in [0, 0.1) is 13.8 Å². The number of nitrogens with zero attached hydrogens (tertiary/aromatic N) is 4. The highest BCUT2D eigenvalue weighted by Crippen LogP contribution is 2.42. The third-order valence-corrected chi connectivity index (χ3v) is 10.7. The van der Waals surface area contributed by atoms with Gasteiger partial charge >= 0.3 is 17.8 Å². The maximum atomic E-state index is 13.8. The van der Waals surface area contributed by atoms with Crippen LogP contribution in [0.1, 0.15) is 68.3 Å².